The normalized spacial score (nSPS) is 13.6. The summed E-state index contributed by atoms with van der Waals surface area (Å²) in [6.07, 6.45) is -4.70. The Morgan fingerprint density at radius 1 is 1.56 bits per heavy atom. The maximum Gasteiger partial charge on any atom is 0.414 e. The van der Waals surface area contributed by atoms with Gasteiger partial charge in [0.1, 0.15) is 5.82 Å². The van der Waals surface area contributed by atoms with Gasteiger partial charge in [0.15, 0.2) is 6.10 Å². The molecule has 0 bridgehead atoms. The van der Waals surface area contributed by atoms with E-state index >= 15 is 0 Å². The molecule has 16 heavy (non-hydrogen) atoms. The van der Waals surface area contributed by atoms with Crippen LogP contribution in [-0.2, 0) is 11.3 Å². The van der Waals surface area contributed by atoms with Crippen molar-refractivity contribution in [2.45, 2.75) is 25.8 Å². The molecule has 1 rings (SSSR count). The highest BCUT2D eigenvalue weighted by Crippen LogP contribution is 2.23. The minimum atomic E-state index is -4.35. The first-order valence-electron chi connectivity index (χ1n) is 4.53. The number of hydrogen-bond acceptors (Lipinski definition) is 4. The molecule has 0 saturated heterocycles. The van der Waals surface area contributed by atoms with E-state index in [0.717, 1.165) is 6.92 Å². The fourth-order valence-corrected chi connectivity index (χ4v) is 0.959. The van der Waals surface area contributed by atoms with Crippen LogP contribution in [0.4, 0.5) is 19.0 Å². The smallest absolute Gasteiger partial charge is 0.364 e. The van der Waals surface area contributed by atoms with E-state index < -0.39 is 12.3 Å². The third-order valence-corrected chi connectivity index (χ3v) is 1.93. The van der Waals surface area contributed by atoms with Crippen molar-refractivity contribution in [2.24, 2.45) is 5.84 Å². The number of ether oxygens (including phenoxy) is 1. The molecule has 0 aromatic carbocycles. The van der Waals surface area contributed by atoms with Crippen LogP contribution in [0.3, 0.4) is 0 Å². The van der Waals surface area contributed by atoms with Crippen molar-refractivity contribution >= 4 is 5.82 Å². The van der Waals surface area contributed by atoms with Crippen LogP contribution in [0.15, 0.2) is 18.3 Å². The van der Waals surface area contributed by atoms with Crippen LogP contribution in [-0.4, -0.2) is 17.3 Å². The van der Waals surface area contributed by atoms with E-state index in [0.29, 0.717) is 11.4 Å². The molecule has 0 amide bonds. The average Bonchev–Trinajstić information content (AvgIpc) is 2.25. The van der Waals surface area contributed by atoms with Crippen LogP contribution < -0.4 is 11.3 Å². The number of anilines is 1. The Balaban J connectivity index is 2.54. The zero-order valence-corrected chi connectivity index (χ0v) is 8.58. The number of halogens is 3. The SMILES string of the molecule is CC(OCc1ccnc(NN)c1)C(F)(F)F. The van der Waals surface area contributed by atoms with Crippen LogP contribution in [0.2, 0.25) is 0 Å². The lowest BCUT2D eigenvalue weighted by molar-refractivity contribution is -0.217. The first-order valence-corrected chi connectivity index (χ1v) is 4.53. The first kappa shape index (κ1) is 12.7. The summed E-state index contributed by atoms with van der Waals surface area (Å²) in [6, 6.07) is 3.08. The topological polar surface area (TPSA) is 60.2 Å². The third kappa shape index (κ3) is 3.67. The van der Waals surface area contributed by atoms with Crippen molar-refractivity contribution in [3.63, 3.8) is 0 Å². The van der Waals surface area contributed by atoms with Crippen LogP contribution in [0.25, 0.3) is 0 Å². The monoisotopic (exact) mass is 235 g/mol. The molecule has 0 aliphatic carbocycles. The quantitative estimate of drug-likeness (QED) is 0.617. The number of aromatic nitrogens is 1. The van der Waals surface area contributed by atoms with Gasteiger partial charge in [-0.3, -0.25) is 0 Å². The second kappa shape index (κ2) is 5.13. The Morgan fingerprint density at radius 3 is 2.81 bits per heavy atom. The Hall–Kier alpha value is -1.34. The zero-order valence-electron chi connectivity index (χ0n) is 8.58. The minimum absolute atomic E-state index is 0.141. The summed E-state index contributed by atoms with van der Waals surface area (Å²) >= 11 is 0. The molecule has 7 heteroatoms. The third-order valence-electron chi connectivity index (χ3n) is 1.93. The molecule has 0 spiro atoms. The average molecular weight is 235 g/mol. The van der Waals surface area contributed by atoms with Crippen molar-refractivity contribution in [3.8, 4) is 0 Å². The summed E-state index contributed by atoms with van der Waals surface area (Å²) < 4.78 is 41.1. The van der Waals surface area contributed by atoms with Gasteiger partial charge in [-0.1, -0.05) is 0 Å². The second-order valence-electron chi connectivity index (χ2n) is 3.19. The van der Waals surface area contributed by atoms with Crippen LogP contribution in [0, 0.1) is 0 Å². The fraction of sp³-hybridized carbons (Fsp3) is 0.444. The van der Waals surface area contributed by atoms with E-state index in [1.54, 1.807) is 6.07 Å². The fourth-order valence-electron chi connectivity index (χ4n) is 0.959. The second-order valence-corrected chi connectivity index (χ2v) is 3.19. The van der Waals surface area contributed by atoms with Crippen LogP contribution in [0.5, 0.6) is 0 Å². The lowest BCUT2D eigenvalue weighted by Crippen LogP contribution is -2.28. The number of nitrogens with two attached hydrogens (primary N) is 1. The van der Waals surface area contributed by atoms with Crippen molar-refractivity contribution in [1.82, 2.24) is 4.98 Å². The molecular formula is C9H12F3N3O. The maximum absolute atomic E-state index is 12.1. The number of nitrogen functional groups attached to an aromatic ring is 1. The van der Waals surface area contributed by atoms with Gasteiger partial charge in [0.05, 0.1) is 6.61 Å². The number of nitrogens with one attached hydrogen (secondary N) is 1. The summed E-state index contributed by atoms with van der Waals surface area (Å²) in [4.78, 5) is 3.82. The lowest BCUT2D eigenvalue weighted by atomic mass is 10.3. The summed E-state index contributed by atoms with van der Waals surface area (Å²) in [5.41, 5.74) is 2.86. The molecule has 4 nitrogen and oxygen atoms in total. The van der Waals surface area contributed by atoms with Crippen molar-refractivity contribution in [2.75, 3.05) is 5.43 Å². The van der Waals surface area contributed by atoms with Crippen LogP contribution in [0.1, 0.15) is 12.5 Å². The number of hydrogen-bond donors (Lipinski definition) is 2. The van der Waals surface area contributed by atoms with Gasteiger partial charge in [0.25, 0.3) is 0 Å². The largest absolute Gasteiger partial charge is 0.414 e. The Bertz CT molecular complexity index is 343. The summed E-state index contributed by atoms with van der Waals surface area (Å²) in [5.74, 6) is 5.49. The lowest BCUT2D eigenvalue weighted by Gasteiger charge is -2.16. The van der Waals surface area contributed by atoms with E-state index in [2.05, 4.69) is 15.1 Å². The highest BCUT2D eigenvalue weighted by Gasteiger charge is 2.36. The molecule has 1 heterocycles. The molecule has 0 aliphatic rings. The molecule has 1 aromatic rings. The zero-order chi connectivity index (χ0) is 12.2. The molecule has 3 N–H and O–H groups in total. The van der Waals surface area contributed by atoms with Crippen molar-refractivity contribution in [3.05, 3.63) is 23.9 Å². The van der Waals surface area contributed by atoms with Gasteiger partial charge >= 0.3 is 6.18 Å². The summed E-state index contributed by atoms with van der Waals surface area (Å²) in [6.45, 7) is 0.821. The summed E-state index contributed by atoms with van der Waals surface area (Å²) in [7, 11) is 0. The predicted octanol–water partition coefficient (Wildman–Crippen LogP) is 1.83. The molecule has 90 valence electrons. The molecule has 1 unspecified atom stereocenters. The Morgan fingerprint density at radius 2 is 2.25 bits per heavy atom. The molecule has 0 aliphatic heterocycles. The molecule has 1 atom stereocenters. The minimum Gasteiger partial charge on any atom is -0.364 e. The number of hydrazine groups is 1. The highest BCUT2D eigenvalue weighted by atomic mass is 19.4. The van der Waals surface area contributed by atoms with Gasteiger partial charge in [-0.2, -0.15) is 13.2 Å². The van der Waals surface area contributed by atoms with Crippen LogP contribution >= 0.6 is 0 Å². The number of rotatable bonds is 4. The van der Waals surface area contributed by atoms with E-state index in [1.165, 1.54) is 12.3 Å². The van der Waals surface area contributed by atoms with E-state index in [1.807, 2.05) is 0 Å². The molecule has 1 aromatic heterocycles. The van der Waals surface area contributed by atoms with Gasteiger partial charge in [-0.05, 0) is 24.6 Å². The standard InChI is InChI=1S/C9H12F3N3O/c1-6(9(10,11)12)16-5-7-2-3-14-8(4-7)15-13/h2-4,6H,5,13H2,1H3,(H,14,15). The Kier molecular flexibility index (Phi) is 4.08. The number of pyridine rings is 1. The predicted molar refractivity (Wildman–Crippen MR) is 52.4 cm³/mol. The Labute approximate surface area is 90.6 Å². The highest BCUT2D eigenvalue weighted by molar-refractivity contribution is 5.35. The summed E-state index contributed by atoms with van der Waals surface area (Å²) in [5, 5.41) is 0. The van der Waals surface area contributed by atoms with E-state index in [-0.39, 0.29) is 6.61 Å². The number of nitrogens with zero attached hydrogens (tertiary/aromatic N) is 1. The van der Waals surface area contributed by atoms with Gasteiger partial charge in [0.2, 0.25) is 0 Å². The van der Waals surface area contributed by atoms with Gasteiger partial charge in [-0.25, -0.2) is 10.8 Å². The van der Waals surface area contributed by atoms with Gasteiger partial charge in [0, 0.05) is 6.20 Å². The van der Waals surface area contributed by atoms with Gasteiger partial charge < -0.3 is 10.2 Å². The first-order chi connectivity index (χ1) is 7.43. The van der Waals surface area contributed by atoms with Gasteiger partial charge in [-0.15, -0.1) is 0 Å². The number of alkyl halides is 3. The van der Waals surface area contributed by atoms with E-state index in [9.17, 15) is 13.2 Å². The van der Waals surface area contributed by atoms with E-state index in [4.69, 9.17) is 5.84 Å². The molecular weight excluding hydrogens is 223 g/mol. The molecule has 0 radical (unpaired) electrons. The maximum atomic E-state index is 12.1. The molecule has 0 fully saturated rings. The van der Waals surface area contributed by atoms with Crippen molar-refractivity contribution in [1.29, 1.82) is 0 Å². The molecule has 0 saturated carbocycles. The van der Waals surface area contributed by atoms with Crippen molar-refractivity contribution < 1.29 is 17.9 Å².